The lowest BCUT2D eigenvalue weighted by molar-refractivity contribution is -0.137. The Bertz CT molecular complexity index is 1080. The number of carbonyl (C=O) groups is 1. The summed E-state index contributed by atoms with van der Waals surface area (Å²) in [4.78, 5) is 17.5. The summed E-state index contributed by atoms with van der Waals surface area (Å²) in [6, 6.07) is 11.6. The number of anilines is 1. The highest BCUT2D eigenvalue weighted by molar-refractivity contribution is 5.88. The van der Waals surface area contributed by atoms with Gasteiger partial charge >= 0.3 is 6.18 Å². The Hall–Kier alpha value is -3.24. The molecule has 1 aliphatic heterocycles. The van der Waals surface area contributed by atoms with E-state index in [1.165, 1.54) is 19.1 Å². The molecule has 0 radical (unpaired) electrons. The van der Waals surface area contributed by atoms with Gasteiger partial charge in [-0.25, -0.2) is 0 Å². The van der Waals surface area contributed by atoms with Crippen LogP contribution in [0.1, 0.15) is 36.4 Å². The van der Waals surface area contributed by atoms with Gasteiger partial charge in [-0.2, -0.15) is 18.2 Å². The van der Waals surface area contributed by atoms with Crippen LogP contribution in [-0.4, -0.2) is 38.7 Å². The van der Waals surface area contributed by atoms with Crippen LogP contribution in [-0.2, 0) is 17.5 Å². The molecule has 7 nitrogen and oxygen atoms in total. The number of nitrogens with zero attached hydrogens (tertiary/aromatic N) is 3. The Kier molecular flexibility index (Phi) is 5.98. The molecule has 1 aromatic heterocycles. The molecule has 3 aromatic rings. The SMILES string of the molecule is CC(=O)Nc1ccc(CN2CC(O)CC2c2nc(-c3ccc(C(F)(F)F)cc3)no2)cc1. The van der Waals surface area contributed by atoms with E-state index in [0.29, 0.717) is 36.7 Å². The molecule has 1 fully saturated rings. The van der Waals surface area contributed by atoms with Gasteiger partial charge in [0.1, 0.15) is 0 Å². The molecule has 0 saturated carbocycles. The van der Waals surface area contributed by atoms with E-state index in [0.717, 1.165) is 17.7 Å². The Morgan fingerprint density at radius 3 is 2.50 bits per heavy atom. The van der Waals surface area contributed by atoms with Crippen molar-refractivity contribution in [3.05, 3.63) is 65.5 Å². The average Bonchev–Trinajstić information content (AvgIpc) is 3.35. The monoisotopic (exact) mass is 446 g/mol. The van der Waals surface area contributed by atoms with Crippen LogP contribution in [0.25, 0.3) is 11.4 Å². The van der Waals surface area contributed by atoms with E-state index in [2.05, 4.69) is 15.5 Å². The third-order valence-corrected chi connectivity index (χ3v) is 5.24. The molecular formula is C22H21F3N4O3. The number of rotatable bonds is 5. The molecule has 0 bridgehead atoms. The van der Waals surface area contributed by atoms with Crippen LogP contribution in [0.4, 0.5) is 18.9 Å². The molecule has 2 unspecified atom stereocenters. The number of nitrogens with one attached hydrogen (secondary N) is 1. The molecular weight excluding hydrogens is 425 g/mol. The number of aliphatic hydroxyl groups is 1. The normalized spacial score (nSPS) is 19.3. The fraction of sp³-hybridized carbons (Fsp3) is 0.318. The largest absolute Gasteiger partial charge is 0.416 e. The highest BCUT2D eigenvalue weighted by Crippen LogP contribution is 2.34. The third-order valence-electron chi connectivity index (χ3n) is 5.24. The van der Waals surface area contributed by atoms with Crippen molar-refractivity contribution in [2.75, 3.05) is 11.9 Å². The van der Waals surface area contributed by atoms with Crippen molar-refractivity contribution < 1.29 is 27.6 Å². The zero-order chi connectivity index (χ0) is 22.9. The molecule has 10 heteroatoms. The minimum Gasteiger partial charge on any atom is -0.392 e. The van der Waals surface area contributed by atoms with Gasteiger partial charge in [-0.05, 0) is 36.2 Å². The minimum absolute atomic E-state index is 0.152. The van der Waals surface area contributed by atoms with E-state index in [-0.39, 0.29) is 17.8 Å². The topological polar surface area (TPSA) is 91.5 Å². The standard InChI is InChI=1S/C22H21F3N4O3/c1-13(30)26-17-8-2-14(3-9-17)11-29-12-18(31)10-19(29)21-27-20(28-32-21)15-4-6-16(7-5-15)22(23,24)25/h2-9,18-19,31H,10-12H2,1H3,(H,26,30). The van der Waals surface area contributed by atoms with Crippen LogP contribution in [0.2, 0.25) is 0 Å². The number of hydrogen-bond acceptors (Lipinski definition) is 6. The summed E-state index contributed by atoms with van der Waals surface area (Å²) in [6.45, 7) is 2.36. The number of aliphatic hydroxyl groups excluding tert-OH is 1. The van der Waals surface area contributed by atoms with Crippen LogP contribution in [0.5, 0.6) is 0 Å². The summed E-state index contributed by atoms with van der Waals surface area (Å²) in [5.41, 5.74) is 1.32. The molecule has 2 atom stereocenters. The number of carbonyl (C=O) groups excluding carboxylic acids is 1. The second kappa shape index (κ2) is 8.71. The smallest absolute Gasteiger partial charge is 0.392 e. The van der Waals surface area contributed by atoms with Gasteiger partial charge in [0.05, 0.1) is 17.7 Å². The Balaban J connectivity index is 1.49. The minimum atomic E-state index is -4.41. The molecule has 0 aliphatic carbocycles. The van der Waals surface area contributed by atoms with E-state index in [4.69, 9.17) is 4.52 Å². The first-order chi connectivity index (χ1) is 15.2. The maximum Gasteiger partial charge on any atom is 0.416 e. The Morgan fingerprint density at radius 2 is 1.88 bits per heavy atom. The Morgan fingerprint density at radius 1 is 1.19 bits per heavy atom. The number of hydrogen-bond donors (Lipinski definition) is 2. The van der Waals surface area contributed by atoms with Gasteiger partial charge in [0.25, 0.3) is 0 Å². The predicted molar refractivity (Wildman–Crippen MR) is 109 cm³/mol. The predicted octanol–water partition coefficient (Wildman–Crippen LogP) is 4.02. The molecule has 2 heterocycles. The lowest BCUT2D eigenvalue weighted by Crippen LogP contribution is -2.24. The number of halogens is 3. The van der Waals surface area contributed by atoms with E-state index in [9.17, 15) is 23.1 Å². The maximum absolute atomic E-state index is 12.8. The van der Waals surface area contributed by atoms with Crippen LogP contribution < -0.4 is 5.32 Å². The van der Waals surface area contributed by atoms with E-state index < -0.39 is 17.8 Å². The number of benzene rings is 2. The highest BCUT2D eigenvalue weighted by atomic mass is 19.4. The van der Waals surface area contributed by atoms with Gasteiger partial charge < -0.3 is 14.9 Å². The molecule has 1 aliphatic rings. The van der Waals surface area contributed by atoms with Crippen molar-refractivity contribution >= 4 is 11.6 Å². The first-order valence-electron chi connectivity index (χ1n) is 9.99. The molecule has 2 N–H and O–H groups in total. The molecule has 0 spiro atoms. The second-order valence-electron chi connectivity index (χ2n) is 7.74. The number of β-amino-alcohol motifs (C(OH)–C–C–N with tert-alkyl or cyclic N) is 1. The molecule has 168 valence electrons. The second-order valence-corrected chi connectivity index (χ2v) is 7.74. The van der Waals surface area contributed by atoms with Crippen molar-refractivity contribution in [2.24, 2.45) is 0 Å². The van der Waals surface area contributed by atoms with Gasteiger partial charge in [0.15, 0.2) is 0 Å². The van der Waals surface area contributed by atoms with Gasteiger partial charge in [0.2, 0.25) is 17.6 Å². The van der Waals surface area contributed by atoms with Crippen LogP contribution >= 0.6 is 0 Å². The van der Waals surface area contributed by atoms with Gasteiger partial charge in [-0.3, -0.25) is 9.69 Å². The fourth-order valence-corrected chi connectivity index (χ4v) is 3.74. The lowest BCUT2D eigenvalue weighted by Gasteiger charge is -2.21. The Labute approximate surface area is 181 Å². The average molecular weight is 446 g/mol. The van der Waals surface area contributed by atoms with Gasteiger partial charge in [-0.15, -0.1) is 0 Å². The number of likely N-dealkylation sites (tertiary alicyclic amines) is 1. The van der Waals surface area contributed by atoms with Crippen molar-refractivity contribution in [2.45, 2.75) is 38.2 Å². The summed E-state index contributed by atoms with van der Waals surface area (Å²) < 4.78 is 43.7. The number of alkyl halides is 3. The van der Waals surface area contributed by atoms with E-state index >= 15 is 0 Å². The van der Waals surface area contributed by atoms with Crippen LogP contribution in [0.3, 0.4) is 0 Å². The van der Waals surface area contributed by atoms with Crippen molar-refractivity contribution in [1.29, 1.82) is 0 Å². The van der Waals surface area contributed by atoms with E-state index in [1.54, 1.807) is 12.1 Å². The first kappa shape index (κ1) is 22.0. The van der Waals surface area contributed by atoms with Crippen molar-refractivity contribution in [3.8, 4) is 11.4 Å². The molecule has 1 amide bonds. The molecule has 2 aromatic carbocycles. The molecule has 1 saturated heterocycles. The third kappa shape index (κ3) is 4.97. The highest BCUT2D eigenvalue weighted by Gasteiger charge is 2.36. The summed E-state index contributed by atoms with van der Waals surface area (Å²) >= 11 is 0. The van der Waals surface area contributed by atoms with Crippen LogP contribution in [0, 0.1) is 0 Å². The van der Waals surface area contributed by atoms with E-state index in [1.807, 2.05) is 17.0 Å². The molecule has 32 heavy (non-hydrogen) atoms. The summed E-state index contributed by atoms with van der Waals surface area (Å²) in [7, 11) is 0. The zero-order valence-electron chi connectivity index (χ0n) is 17.1. The van der Waals surface area contributed by atoms with Gasteiger partial charge in [0, 0.05) is 31.3 Å². The lowest BCUT2D eigenvalue weighted by atomic mass is 10.1. The summed E-state index contributed by atoms with van der Waals surface area (Å²) in [5.74, 6) is 0.335. The van der Waals surface area contributed by atoms with Crippen molar-refractivity contribution in [3.63, 3.8) is 0 Å². The quantitative estimate of drug-likeness (QED) is 0.615. The fourth-order valence-electron chi connectivity index (χ4n) is 3.74. The maximum atomic E-state index is 12.8. The van der Waals surface area contributed by atoms with Crippen molar-refractivity contribution in [1.82, 2.24) is 15.0 Å². The number of amides is 1. The van der Waals surface area contributed by atoms with Gasteiger partial charge in [-0.1, -0.05) is 29.4 Å². The van der Waals surface area contributed by atoms with Crippen LogP contribution in [0.15, 0.2) is 53.1 Å². The summed E-state index contributed by atoms with van der Waals surface area (Å²) in [6.07, 6.45) is -4.58. The first-order valence-corrected chi connectivity index (χ1v) is 9.99. The molecule has 4 rings (SSSR count). The zero-order valence-corrected chi connectivity index (χ0v) is 17.1. The number of aromatic nitrogens is 2. The summed E-state index contributed by atoms with van der Waals surface area (Å²) in [5, 5.41) is 16.8.